The van der Waals surface area contributed by atoms with Crippen LogP contribution in [-0.4, -0.2) is 26.3 Å². The maximum Gasteiger partial charge on any atom is 0.242 e. The summed E-state index contributed by atoms with van der Waals surface area (Å²) >= 11 is 0. The summed E-state index contributed by atoms with van der Waals surface area (Å²) in [5.74, 6) is 0. The second kappa shape index (κ2) is 6.20. The Morgan fingerprint density at radius 1 is 1.22 bits per heavy atom. The molecule has 0 aromatic heterocycles. The van der Waals surface area contributed by atoms with Crippen LogP contribution in [0.1, 0.15) is 31.7 Å². The van der Waals surface area contributed by atoms with Crippen molar-refractivity contribution in [1.82, 2.24) is 4.31 Å². The average Bonchev–Trinajstić information content (AvgIpc) is 2.27. The van der Waals surface area contributed by atoms with E-state index in [4.69, 9.17) is 5.73 Å². The van der Waals surface area contributed by atoms with Gasteiger partial charge in [0.1, 0.15) is 0 Å². The summed E-state index contributed by atoms with van der Waals surface area (Å²) < 4.78 is 26.0. The number of nitrogens with zero attached hydrogens (tertiary/aromatic N) is 1. The Morgan fingerprint density at radius 2 is 1.89 bits per heavy atom. The number of nitrogens with two attached hydrogens (primary N) is 1. The molecule has 0 aliphatic heterocycles. The lowest BCUT2D eigenvalue weighted by Gasteiger charge is -2.17. The first-order valence-electron chi connectivity index (χ1n) is 6.21. The van der Waals surface area contributed by atoms with E-state index in [0.717, 1.165) is 24.8 Å². The summed E-state index contributed by atoms with van der Waals surface area (Å²) in [5.41, 5.74) is 7.03. The summed E-state index contributed by atoms with van der Waals surface area (Å²) in [6.07, 6.45) is 2.99. The van der Waals surface area contributed by atoms with E-state index in [1.807, 2.05) is 6.92 Å². The van der Waals surface area contributed by atoms with Crippen molar-refractivity contribution in [3.05, 3.63) is 23.8 Å². The number of nitrogen functional groups attached to an aromatic ring is 1. The van der Waals surface area contributed by atoms with Crippen LogP contribution < -0.4 is 5.73 Å². The normalized spacial score (nSPS) is 12.0. The Balaban J connectivity index is 2.91. The van der Waals surface area contributed by atoms with Crippen LogP contribution in [0.4, 0.5) is 5.69 Å². The zero-order valence-electron chi connectivity index (χ0n) is 11.3. The van der Waals surface area contributed by atoms with Gasteiger partial charge in [-0.15, -0.1) is 0 Å². The van der Waals surface area contributed by atoms with E-state index >= 15 is 0 Å². The molecule has 1 aromatic rings. The first kappa shape index (κ1) is 15.0. The minimum atomic E-state index is -3.41. The topological polar surface area (TPSA) is 63.4 Å². The Kier molecular flexibility index (Phi) is 5.16. The highest BCUT2D eigenvalue weighted by atomic mass is 32.2. The standard InChI is InChI=1S/C13H22N2O2S/c1-4-5-6-7-15(3)18(16,17)13-9-11(2)8-12(14)10-13/h8-10H,4-7,14H2,1-3H3. The van der Waals surface area contributed by atoms with Gasteiger partial charge in [-0.3, -0.25) is 0 Å². The Hall–Kier alpha value is -1.07. The smallest absolute Gasteiger partial charge is 0.242 e. The van der Waals surface area contributed by atoms with Gasteiger partial charge in [-0.25, -0.2) is 12.7 Å². The number of aryl methyl sites for hydroxylation is 1. The first-order chi connectivity index (χ1) is 8.37. The third-order valence-electron chi connectivity index (χ3n) is 2.86. The van der Waals surface area contributed by atoms with Crippen LogP contribution in [0, 0.1) is 6.92 Å². The largest absolute Gasteiger partial charge is 0.399 e. The molecule has 102 valence electrons. The number of benzene rings is 1. The molecule has 4 nitrogen and oxygen atoms in total. The molecule has 0 aliphatic rings. The third-order valence-corrected chi connectivity index (χ3v) is 4.69. The van der Waals surface area contributed by atoms with Gasteiger partial charge in [0.25, 0.3) is 0 Å². The van der Waals surface area contributed by atoms with Gasteiger partial charge in [-0.05, 0) is 37.1 Å². The number of rotatable bonds is 6. The molecular weight excluding hydrogens is 248 g/mol. The second-order valence-corrected chi connectivity index (χ2v) is 6.66. The van der Waals surface area contributed by atoms with Crippen molar-refractivity contribution in [1.29, 1.82) is 0 Å². The molecule has 0 saturated carbocycles. The van der Waals surface area contributed by atoms with Crippen LogP contribution >= 0.6 is 0 Å². The van der Waals surface area contributed by atoms with Crippen molar-refractivity contribution in [2.75, 3.05) is 19.3 Å². The lowest BCUT2D eigenvalue weighted by Crippen LogP contribution is -2.28. The lowest BCUT2D eigenvalue weighted by atomic mass is 10.2. The highest BCUT2D eigenvalue weighted by molar-refractivity contribution is 7.89. The van der Waals surface area contributed by atoms with Gasteiger partial charge in [-0.1, -0.05) is 19.8 Å². The molecule has 0 atom stereocenters. The molecule has 1 rings (SSSR count). The monoisotopic (exact) mass is 270 g/mol. The molecule has 0 amide bonds. The SMILES string of the molecule is CCCCCN(C)S(=O)(=O)c1cc(C)cc(N)c1. The van der Waals surface area contributed by atoms with E-state index in [-0.39, 0.29) is 4.90 Å². The Bertz CT molecular complexity index is 477. The highest BCUT2D eigenvalue weighted by Crippen LogP contribution is 2.19. The molecule has 1 aromatic carbocycles. The van der Waals surface area contributed by atoms with Gasteiger partial charge >= 0.3 is 0 Å². The number of hydrogen-bond acceptors (Lipinski definition) is 3. The fourth-order valence-electron chi connectivity index (χ4n) is 1.81. The van der Waals surface area contributed by atoms with Crippen LogP contribution in [0.5, 0.6) is 0 Å². The molecule has 18 heavy (non-hydrogen) atoms. The van der Waals surface area contributed by atoms with Crippen LogP contribution in [0.3, 0.4) is 0 Å². The molecule has 0 fully saturated rings. The van der Waals surface area contributed by atoms with Crippen molar-refractivity contribution < 1.29 is 8.42 Å². The molecule has 5 heteroatoms. The van der Waals surface area contributed by atoms with E-state index in [1.165, 1.54) is 10.4 Å². The van der Waals surface area contributed by atoms with E-state index in [2.05, 4.69) is 6.92 Å². The average molecular weight is 270 g/mol. The van der Waals surface area contributed by atoms with Gasteiger partial charge in [0.2, 0.25) is 10.0 Å². The van der Waals surface area contributed by atoms with E-state index in [1.54, 1.807) is 19.2 Å². The minimum absolute atomic E-state index is 0.277. The van der Waals surface area contributed by atoms with Gasteiger partial charge in [-0.2, -0.15) is 0 Å². The maximum atomic E-state index is 12.3. The number of sulfonamides is 1. The fourth-order valence-corrected chi connectivity index (χ4v) is 3.16. The summed E-state index contributed by atoms with van der Waals surface area (Å²) in [7, 11) is -1.80. The van der Waals surface area contributed by atoms with Crippen molar-refractivity contribution in [2.24, 2.45) is 0 Å². The summed E-state index contributed by atoms with van der Waals surface area (Å²) in [4.78, 5) is 0.277. The summed E-state index contributed by atoms with van der Waals surface area (Å²) in [5, 5.41) is 0. The highest BCUT2D eigenvalue weighted by Gasteiger charge is 2.20. The molecule has 0 saturated heterocycles. The molecule has 0 bridgehead atoms. The second-order valence-electron chi connectivity index (χ2n) is 4.61. The molecule has 0 heterocycles. The number of anilines is 1. The number of hydrogen-bond donors (Lipinski definition) is 1. The predicted octanol–water partition coefficient (Wildman–Crippen LogP) is 2.39. The Labute approximate surface area is 110 Å². The van der Waals surface area contributed by atoms with Crippen LogP contribution in [0.2, 0.25) is 0 Å². The minimum Gasteiger partial charge on any atom is -0.399 e. The predicted molar refractivity (Wildman–Crippen MR) is 74.9 cm³/mol. The van der Waals surface area contributed by atoms with Crippen molar-refractivity contribution >= 4 is 15.7 Å². The van der Waals surface area contributed by atoms with E-state index in [0.29, 0.717) is 12.2 Å². The number of unbranched alkanes of at least 4 members (excludes halogenated alkanes) is 2. The van der Waals surface area contributed by atoms with E-state index < -0.39 is 10.0 Å². The Morgan fingerprint density at radius 3 is 2.44 bits per heavy atom. The molecule has 0 aliphatic carbocycles. The van der Waals surface area contributed by atoms with Crippen LogP contribution in [0.15, 0.2) is 23.1 Å². The van der Waals surface area contributed by atoms with Crippen molar-refractivity contribution in [2.45, 2.75) is 38.0 Å². The van der Waals surface area contributed by atoms with Crippen molar-refractivity contribution in [3.63, 3.8) is 0 Å². The van der Waals surface area contributed by atoms with E-state index in [9.17, 15) is 8.42 Å². The van der Waals surface area contributed by atoms with Crippen molar-refractivity contribution in [3.8, 4) is 0 Å². The summed E-state index contributed by atoms with van der Waals surface area (Å²) in [6, 6.07) is 4.93. The van der Waals surface area contributed by atoms with Gasteiger partial charge in [0, 0.05) is 19.3 Å². The molecular formula is C13H22N2O2S. The third kappa shape index (κ3) is 3.71. The van der Waals surface area contributed by atoms with Gasteiger partial charge in [0.05, 0.1) is 4.90 Å². The fraction of sp³-hybridized carbons (Fsp3) is 0.538. The molecule has 2 N–H and O–H groups in total. The zero-order valence-corrected chi connectivity index (χ0v) is 12.1. The quantitative estimate of drug-likeness (QED) is 0.637. The van der Waals surface area contributed by atoms with Gasteiger partial charge in [0.15, 0.2) is 0 Å². The van der Waals surface area contributed by atoms with Gasteiger partial charge < -0.3 is 5.73 Å². The zero-order chi connectivity index (χ0) is 13.8. The molecule has 0 unspecified atom stereocenters. The lowest BCUT2D eigenvalue weighted by molar-refractivity contribution is 0.454. The first-order valence-corrected chi connectivity index (χ1v) is 7.65. The summed E-state index contributed by atoms with van der Waals surface area (Å²) in [6.45, 7) is 4.48. The van der Waals surface area contributed by atoms with Crippen LogP contribution in [-0.2, 0) is 10.0 Å². The molecule has 0 spiro atoms. The maximum absolute atomic E-state index is 12.3. The molecule has 0 radical (unpaired) electrons. The van der Waals surface area contributed by atoms with Crippen LogP contribution in [0.25, 0.3) is 0 Å².